The van der Waals surface area contributed by atoms with Crippen LogP contribution in [-0.2, 0) is 4.74 Å². The molecule has 0 spiro atoms. The number of piperidine rings is 2. The van der Waals surface area contributed by atoms with Gasteiger partial charge in [0.15, 0.2) is 5.96 Å². The first-order chi connectivity index (χ1) is 12.8. The van der Waals surface area contributed by atoms with E-state index in [1.165, 1.54) is 19.4 Å². The summed E-state index contributed by atoms with van der Waals surface area (Å²) >= 11 is 0. The number of amides is 1. The Balaban J connectivity index is 0.00000392. The molecule has 1 amide bonds. The Morgan fingerprint density at radius 1 is 1.18 bits per heavy atom. The Morgan fingerprint density at radius 3 is 2.54 bits per heavy atom. The van der Waals surface area contributed by atoms with Crippen molar-refractivity contribution in [2.24, 2.45) is 10.9 Å². The van der Waals surface area contributed by atoms with Crippen LogP contribution in [-0.4, -0.2) is 79.8 Å². The third kappa shape index (κ3) is 9.15. The molecular formula is C20H40IN5O2. The first-order valence-corrected chi connectivity index (χ1v) is 10.5. The number of rotatable bonds is 4. The number of aliphatic imine (C=N–C) groups is 1. The largest absolute Gasteiger partial charge is 0.444 e. The lowest BCUT2D eigenvalue weighted by Crippen LogP contribution is -2.53. The fraction of sp³-hybridized carbons (Fsp3) is 0.900. The third-order valence-electron chi connectivity index (χ3n) is 4.99. The van der Waals surface area contributed by atoms with Crippen molar-refractivity contribution in [2.45, 2.75) is 65.0 Å². The standard InChI is InChI=1S/C20H39N5O2.HI/c1-6-21-18(22-13-16-9-7-11-24(5)14-16)23-17-10-8-12-25(15-17)19(26)27-20(2,3)4;/h16-17H,6-15H2,1-5H3,(H2,21,22,23);1H. The fourth-order valence-corrected chi connectivity index (χ4v) is 3.74. The van der Waals surface area contributed by atoms with Gasteiger partial charge in [-0.1, -0.05) is 0 Å². The van der Waals surface area contributed by atoms with Crippen LogP contribution in [0, 0.1) is 5.92 Å². The second-order valence-electron chi connectivity index (χ2n) is 8.90. The second-order valence-corrected chi connectivity index (χ2v) is 8.90. The molecule has 2 aliphatic rings. The van der Waals surface area contributed by atoms with E-state index in [-0.39, 0.29) is 36.1 Å². The van der Waals surface area contributed by atoms with Gasteiger partial charge in [0.05, 0.1) is 0 Å². The molecule has 0 aromatic rings. The van der Waals surface area contributed by atoms with Crippen LogP contribution < -0.4 is 10.6 Å². The molecule has 7 nitrogen and oxygen atoms in total. The smallest absolute Gasteiger partial charge is 0.410 e. The molecule has 2 N–H and O–H groups in total. The van der Waals surface area contributed by atoms with E-state index >= 15 is 0 Å². The van der Waals surface area contributed by atoms with Crippen LogP contribution in [0.15, 0.2) is 4.99 Å². The highest BCUT2D eigenvalue weighted by atomic mass is 127. The SMILES string of the molecule is CCNC(=NCC1CCCN(C)C1)NC1CCCN(C(=O)OC(C)(C)C)C1.I. The van der Waals surface area contributed by atoms with E-state index < -0.39 is 5.60 Å². The summed E-state index contributed by atoms with van der Waals surface area (Å²) in [5, 5.41) is 6.88. The van der Waals surface area contributed by atoms with Gasteiger partial charge >= 0.3 is 6.09 Å². The molecule has 28 heavy (non-hydrogen) atoms. The maximum Gasteiger partial charge on any atom is 0.410 e. The molecule has 2 aliphatic heterocycles. The van der Waals surface area contributed by atoms with Gasteiger partial charge < -0.3 is 25.2 Å². The van der Waals surface area contributed by atoms with Crippen molar-refractivity contribution in [3.05, 3.63) is 0 Å². The number of guanidine groups is 1. The van der Waals surface area contributed by atoms with E-state index in [0.29, 0.717) is 12.5 Å². The van der Waals surface area contributed by atoms with Crippen molar-refractivity contribution in [3.8, 4) is 0 Å². The topological polar surface area (TPSA) is 69.2 Å². The lowest BCUT2D eigenvalue weighted by molar-refractivity contribution is 0.0193. The van der Waals surface area contributed by atoms with Crippen LogP contribution in [0.5, 0.6) is 0 Å². The number of hydrogen-bond acceptors (Lipinski definition) is 4. The average Bonchev–Trinajstić information content (AvgIpc) is 2.59. The number of likely N-dealkylation sites (tertiary alicyclic amines) is 2. The number of hydrogen-bond donors (Lipinski definition) is 2. The quantitative estimate of drug-likeness (QED) is 0.347. The van der Waals surface area contributed by atoms with Crippen molar-refractivity contribution in [1.29, 1.82) is 0 Å². The number of nitrogens with one attached hydrogen (secondary N) is 2. The van der Waals surface area contributed by atoms with Gasteiger partial charge in [-0.3, -0.25) is 4.99 Å². The molecular weight excluding hydrogens is 469 g/mol. The summed E-state index contributed by atoms with van der Waals surface area (Å²) in [6, 6.07) is 0.207. The molecule has 8 heteroatoms. The molecule has 2 atom stereocenters. The highest BCUT2D eigenvalue weighted by Crippen LogP contribution is 2.16. The van der Waals surface area contributed by atoms with Crippen molar-refractivity contribution >= 4 is 36.0 Å². The van der Waals surface area contributed by atoms with Gasteiger partial charge in [-0.15, -0.1) is 24.0 Å². The maximum absolute atomic E-state index is 12.4. The molecule has 164 valence electrons. The Kier molecular flexibility index (Phi) is 10.9. The Hall–Kier alpha value is -0.770. The van der Waals surface area contributed by atoms with E-state index in [1.54, 1.807) is 0 Å². The molecule has 0 aliphatic carbocycles. The maximum atomic E-state index is 12.4. The van der Waals surface area contributed by atoms with Gasteiger partial charge in [0.1, 0.15) is 5.60 Å². The predicted octanol–water partition coefficient (Wildman–Crippen LogP) is 2.90. The number of nitrogens with zero attached hydrogens (tertiary/aromatic N) is 3. The zero-order valence-electron chi connectivity index (χ0n) is 18.3. The highest BCUT2D eigenvalue weighted by Gasteiger charge is 2.28. The summed E-state index contributed by atoms with van der Waals surface area (Å²) in [5.41, 5.74) is -0.457. The highest BCUT2D eigenvalue weighted by molar-refractivity contribution is 14.0. The second kappa shape index (κ2) is 12.0. The number of carbonyl (C=O) groups is 1. The summed E-state index contributed by atoms with van der Waals surface area (Å²) in [6.45, 7) is 13.2. The molecule has 2 rings (SSSR count). The van der Waals surface area contributed by atoms with E-state index in [0.717, 1.165) is 45.0 Å². The first kappa shape index (κ1) is 25.3. The minimum absolute atomic E-state index is 0. The third-order valence-corrected chi connectivity index (χ3v) is 4.99. The summed E-state index contributed by atoms with van der Waals surface area (Å²) in [5.74, 6) is 1.49. The molecule has 0 saturated carbocycles. The number of carbonyl (C=O) groups excluding carboxylic acids is 1. The molecule has 0 aromatic heterocycles. The summed E-state index contributed by atoms with van der Waals surface area (Å²) in [4.78, 5) is 21.4. The zero-order valence-corrected chi connectivity index (χ0v) is 20.6. The van der Waals surface area contributed by atoms with Gasteiger partial charge in [-0.25, -0.2) is 4.79 Å². The predicted molar refractivity (Wildman–Crippen MR) is 126 cm³/mol. The normalized spacial score (nSPS) is 24.3. The molecule has 2 saturated heterocycles. The van der Waals surface area contributed by atoms with Crippen LogP contribution >= 0.6 is 24.0 Å². The summed E-state index contributed by atoms with van der Waals surface area (Å²) in [6.07, 6.45) is 4.30. The van der Waals surface area contributed by atoms with E-state index in [4.69, 9.17) is 9.73 Å². The van der Waals surface area contributed by atoms with Crippen molar-refractivity contribution in [2.75, 3.05) is 46.3 Å². The monoisotopic (exact) mass is 509 g/mol. The average molecular weight is 509 g/mol. The Morgan fingerprint density at radius 2 is 1.89 bits per heavy atom. The zero-order chi connectivity index (χ0) is 19.9. The minimum atomic E-state index is -0.457. The van der Waals surface area contributed by atoms with Crippen LogP contribution in [0.4, 0.5) is 4.79 Å². The molecule has 2 fully saturated rings. The molecule has 2 unspecified atom stereocenters. The lowest BCUT2D eigenvalue weighted by atomic mass is 9.99. The molecule has 0 bridgehead atoms. The van der Waals surface area contributed by atoms with Crippen LogP contribution in [0.1, 0.15) is 53.4 Å². The fourth-order valence-electron chi connectivity index (χ4n) is 3.74. The van der Waals surface area contributed by atoms with E-state index in [2.05, 4.69) is 29.5 Å². The van der Waals surface area contributed by atoms with Crippen LogP contribution in [0.25, 0.3) is 0 Å². The lowest BCUT2D eigenvalue weighted by Gasteiger charge is -2.35. The van der Waals surface area contributed by atoms with Crippen molar-refractivity contribution in [1.82, 2.24) is 20.4 Å². The summed E-state index contributed by atoms with van der Waals surface area (Å²) in [7, 11) is 2.19. The van der Waals surface area contributed by atoms with Crippen LogP contribution in [0.2, 0.25) is 0 Å². The van der Waals surface area contributed by atoms with Gasteiger partial charge in [0.25, 0.3) is 0 Å². The molecule has 2 heterocycles. The molecule has 0 aromatic carbocycles. The van der Waals surface area contributed by atoms with E-state index in [1.807, 2.05) is 25.7 Å². The van der Waals surface area contributed by atoms with Crippen molar-refractivity contribution in [3.63, 3.8) is 0 Å². The Labute approximate surface area is 188 Å². The van der Waals surface area contributed by atoms with Gasteiger partial charge in [0.2, 0.25) is 0 Å². The van der Waals surface area contributed by atoms with E-state index in [9.17, 15) is 4.79 Å². The van der Waals surface area contributed by atoms with Gasteiger partial charge in [-0.2, -0.15) is 0 Å². The number of ether oxygens (including phenoxy) is 1. The van der Waals surface area contributed by atoms with Gasteiger partial charge in [-0.05, 0) is 72.9 Å². The Bertz CT molecular complexity index is 509. The van der Waals surface area contributed by atoms with Crippen molar-refractivity contribution < 1.29 is 9.53 Å². The first-order valence-electron chi connectivity index (χ1n) is 10.5. The summed E-state index contributed by atoms with van der Waals surface area (Å²) < 4.78 is 5.52. The van der Waals surface area contributed by atoms with Gasteiger partial charge in [0, 0.05) is 38.8 Å². The van der Waals surface area contributed by atoms with Crippen LogP contribution in [0.3, 0.4) is 0 Å². The minimum Gasteiger partial charge on any atom is -0.444 e. The molecule has 0 radical (unpaired) electrons. The number of halogens is 1.